The van der Waals surface area contributed by atoms with Crippen LogP contribution < -0.4 is 11.1 Å². The maximum atomic E-state index is 13.5. The Morgan fingerprint density at radius 1 is 1.28 bits per heavy atom. The number of hydrogen-bond acceptors (Lipinski definition) is 3. The summed E-state index contributed by atoms with van der Waals surface area (Å²) in [6.45, 7) is 0.656. The minimum Gasteiger partial charge on any atom is -0.397 e. The van der Waals surface area contributed by atoms with Crippen molar-refractivity contribution in [3.8, 4) is 0 Å². The van der Waals surface area contributed by atoms with Crippen molar-refractivity contribution in [2.45, 2.75) is 19.3 Å². The molecule has 1 aromatic rings. The largest absolute Gasteiger partial charge is 0.397 e. The van der Waals surface area contributed by atoms with Crippen molar-refractivity contribution in [3.05, 3.63) is 23.8 Å². The van der Waals surface area contributed by atoms with Crippen LogP contribution in [0.2, 0.25) is 0 Å². The third-order valence-corrected chi connectivity index (χ3v) is 3.72. The summed E-state index contributed by atoms with van der Waals surface area (Å²) >= 11 is 0. The van der Waals surface area contributed by atoms with E-state index in [4.69, 9.17) is 5.73 Å². The zero-order chi connectivity index (χ0) is 13.1. The molecule has 0 amide bonds. The number of nitrogens with two attached hydrogens (primary N) is 1. The lowest BCUT2D eigenvalue weighted by Gasteiger charge is -2.19. The molecule has 1 saturated carbocycles. The van der Waals surface area contributed by atoms with Crippen LogP contribution in [0.1, 0.15) is 19.3 Å². The number of aliphatic hydroxyl groups excluding tert-OH is 1. The zero-order valence-corrected chi connectivity index (χ0v) is 10.1. The summed E-state index contributed by atoms with van der Waals surface area (Å²) in [6, 6.07) is 2.36. The summed E-state index contributed by atoms with van der Waals surface area (Å²) in [4.78, 5) is 0. The van der Waals surface area contributed by atoms with Gasteiger partial charge in [0.25, 0.3) is 0 Å². The topological polar surface area (TPSA) is 58.3 Å². The molecule has 0 aromatic heterocycles. The van der Waals surface area contributed by atoms with E-state index in [1.165, 1.54) is 6.07 Å². The molecule has 0 aliphatic heterocycles. The first-order valence-electron chi connectivity index (χ1n) is 6.21. The number of anilines is 2. The molecule has 5 heteroatoms. The van der Waals surface area contributed by atoms with E-state index in [0.717, 1.165) is 25.3 Å². The summed E-state index contributed by atoms with van der Waals surface area (Å²) in [5.41, 5.74) is 5.85. The Bertz CT molecular complexity index is 426. The van der Waals surface area contributed by atoms with E-state index in [2.05, 4.69) is 5.32 Å². The molecule has 4 N–H and O–H groups in total. The highest BCUT2D eigenvalue weighted by Crippen LogP contribution is 2.32. The van der Waals surface area contributed by atoms with Gasteiger partial charge in [-0.15, -0.1) is 0 Å². The number of benzene rings is 1. The molecule has 1 fully saturated rings. The van der Waals surface area contributed by atoms with Crippen molar-refractivity contribution in [1.82, 2.24) is 0 Å². The minimum absolute atomic E-state index is 0.0265. The smallest absolute Gasteiger partial charge is 0.183 e. The molecule has 100 valence electrons. The lowest BCUT2D eigenvalue weighted by Crippen LogP contribution is -2.21. The lowest BCUT2D eigenvalue weighted by atomic mass is 9.97. The molecule has 0 saturated heterocycles. The summed E-state index contributed by atoms with van der Waals surface area (Å²) in [5.74, 6) is -1.31. The second-order valence-electron chi connectivity index (χ2n) is 4.84. The van der Waals surface area contributed by atoms with Crippen LogP contribution in [-0.4, -0.2) is 18.3 Å². The van der Waals surface area contributed by atoms with Crippen LogP contribution in [0.4, 0.5) is 20.2 Å². The number of nitrogens with one attached hydrogen (secondary N) is 1. The highest BCUT2D eigenvalue weighted by Gasteiger charge is 2.26. The Morgan fingerprint density at radius 2 is 2.00 bits per heavy atom. The second-order valence-corrected chi connectivity index (χ2v) is 4.84. The Morgan fingerprint density at radius 3 is 2.72 bits per heavy atom. The summed E-state index contributed by atoms with van der Waals surface area (Å²) in [5, 5.41) is 12.1. The predicted molar refractivity (Wildman–Crippen MR) is 67.2 cm³/mol. The van der Waals surface area contributed by atoms with Crippen LogP contribution in [0, 0.1) is 23.5 Å². The molecule has 0 bridgehead atoms. The Hall–Kier alpha value is -1.36. The molecule has 2 atom stereocenters. The molecular weight excluding hydrogens is 238 g/mol. The molecule has 18 heavy (non-hydrogen) atoms. The van der Waals surface area contributed by atoms with Crippen LogP contribution in [0.25, 0.3) is 0 Å². The van der Waals surface area contributed by atoms with Gasteiger partial charge in [-0.3, -0.25) is 0 Å². The average Bonchev–Trinajstić information content (AvgIpc) is 2.81. The van der Waals surface area contributed by atoms with Crippen molar-refractivity contribution in [2.24, 2.45) is 11.8 Å². The van der Waals surface area contributed by atoms with E-state index in [1.807, 2.05) is 0 Å². The Labute approximate surface area is 105 Å². The van der Waals surface area contributed by atoms with E-state index < -0.39 is 11.6 Å². The fourth-order valence-corrected chi connectivity index (χ4v) is 2.60. The van der Waals surface area contributed by atoms with Crippen LogP contribution >= 0.6 is 0 Å². The maximum absolute atomic E-state index is 13.5. The van der Waals surface area contributed by atoms with Crippen LogP contribution in [0.15, 0.2) is 12.1 Å². The normalized spacial score (nSPS) is 23.3. The van der Waals surface area contributed by atoms with Crippen molar-refractivity contribution in [3.63, 3.8) is 0 Å². The summed E-state index contributed by atoms with van der Waals surface area (Å²) in [6.07, 6.45) is 3.05. The van der Waals surface area contributed by atoms with Gasteiger partial charge in [0.1, 0.15) is 0 Å². The second kappa shape index (κ2) is 5.52. The number of aliphatic hydroxyl groups is 1. The highest BCUT2D eigenvalue weighted by molar-refractivity contribution is 5.66. The van der Waals surface area contributed by atoms with Gasteiger partial charge in [-0.25, -0.2) is 8.78 Å². The molecule has 2 rings (SSSR count). The lowest BCUT2D eigenvalue weighted by molar-refractivity contribution is 0.199. The first-order valence-corrected chi connectivity index (χ1v) is 6.21. The van der Waals surface area contributed by atoms with Gasteiger partial charge in [0.05, 0.1) is 11.4 Å². The van der Waals surface area contributed by atoms with E-state index in [1.54, 1.807) is 0 Å². The Balaban J connectivity index is 2.04. The van der Waals surface area contributed by atoms with Gasteiger partial charge < -0.3 is 16.2 Å². The summed E-state index contributed by atoms with van der Waals surface area (Å²) < 4.78 is 26.6. The van der Waals surface area contributed by atoms with Crippen LogP contribution in [0.3, 0.4) is 0 Å². The molecule has 0 radical (unpaired) electrons. The third kappa shape index (κ3) is 2.56. The molecule has 1 aromatic carbocycles. The number of hydrogen-bond donors (Lipinski definition) is 3. The van der Waals surface area contributed by atoms with Crippen molar-refractivity contribution < 1.29 is 13.9 Å². The molecule has 2 unspecified atom stereocenters. The SMILES string of the molecule is Nc1ccc(F)c(F)c1NCC1CCCC1CO. The van der Waals surface area contributed by atoms with Crippen LogP contribution in [0.5, 0.6) is 0 Å². The van der Waals surface area contributed by atoms with Gasteiger partial charge in [-0.05, 0) is 36.8 Å². The van der Waals surface area contributed by atoms with Crippen molar-refractivity contribution in [1.29, 1.82) is 0 Å². The van der Waals surface area contributed by atoms with E-state index in [0.29, 0.717) is 6.54 Å². The molecule has 3 nitrogen and oxygen atoms in total. The Kier molecular flexibility index (Phi) is 4.01. The predicted octanol–water partition coefficient (Wildman–Crippen LogP) is 2.37. The molecule has 0 spiro atoms. The quantitative estimate of drug-likeness (QED) is 0.725. The molecule has 0 heterocycles. The fourth-order valence-electron chi connectivity index (χ4n) is 2.60. The van der Waals surface area contributed by atoms with Crippen molar-refractivity contribution in [2.75, 3.05) is 24.2 Å². The monoisotopic (exact) mass is 256 g/mol. The first kappa shape index (κ1) is 13.1. The van der Waals surface area contributed by atoms with Gasteiger partial charge in [0.15, 0.2) is 11.6 Å². The standard InChI is InChI=1S/C13H18F2N2O/c14-10-4-5-11(16)13(12(10)15)17-6-8-2-1-3-9(8)7-18/h4-5,8-9,17-18H,1-3,6-7,16H2. The maximum Gasteiger partial charge on any atom is 0.183 e. The molecule has 1 aliphatic rings. The fraction of sp³-hybridized carbons (Fsp3) is 0.538. The first-order chi connectivity index (χ1) is 8.63. The highest BCUT2D eigenvalue weighted by atomic mass is 19.2. The van der Waals surface area contributed by atoms with E-state index in [-0.39, 0.29) is 29.8 Å². The van der Waals surface area contributed by atoms with Gasteiger partial charge in [-0.2, -0.15) is 0 Å². The number of nitrogen functional groups attached to an aromatic ring is 1. The molecule has 1 aliphatic carbocycles. The zero-order valence-electron chi connectivity index (χ0n) is 10.1. The average molecular weight is 256 g/mol. The number of halogens is 2. The minimum atomic E-state index is -0.937. The van der Waals surface area contributed by atoms with Gasteiger partial charge >= 0.3 is 0 Å². The third-order valence-electron chi connectivity index (χ3n) is 3.72. The van der Waals surface area contributed by atoms with Gasteiger partial charge in [0.2, 0.25) is 0 Å². The number of rotatable bonds is 4. The molecular formula is C13H18F2N2O. The van der Waals surface area contributed by atoms with E-state index >= 15 is 0 Å². The van der Waals surface area contributed by atoms with E-state index in [9.17, 15) is 13.9 Å². The summed E-state index contributed by atoms with van der Waals surface area (Å²) in [7, 11) is 0. The van der Waals surface area contributed by atoms with Gasteiger partial charge in [-0.1, -0.05) is 6.42 Å². The van der Waals surface area contributed by atoms with Gasteiger partial charge in [0, 0.05) is 13.2 Å². The van der Waals surface area contributed by atoms with Crippen molar-refractivity contribution >= 4 is 11.4 Å². The van der Waals surface area contributed by atoms with Crippen LogP contribution in [-0.2, 0) is 0 Å².